The Kier molecular flexibility index (Phi) is 3.57. The minimum atomic E-state index is 0.0436. The molecule has 0 spiro atoms. The lowest BCUT2D eigenvalue weighted by atomic mass is 10.1. The van der Waals surface area contributed by atoms with Crippen molar-refractivity contribution in [2.24, 2.45) is 5.73 Å². The second kappa shape index (κ2) is 5.23. The molecule has 1 aliphatic rings. The van der Waals surface area contributed by atoms with Crippen molar-refractivity contribution in [1.82, 2.24) is 4.57 Å². The first-order valence-electron chi connectivity index (χ1n) is 7.53. The summed E-state index contributed by atoms with van der Waals surface area (Å²) in [6, 6.07) is 8.83. The normalized spacial score (nSPS) is 21.6. The fourth-order valence-electron chi connectivity index (χ4n) is 3.16. The number of nitrogens with two attached hydrogens (primary N) is 1. The third-order valence-corrected chi connectivity index (χ3v) is 4.22. The molecule has 2 N–H and O–H groups in total. The van der Waals surface area contributed by atoms with Gasteiger partial charge in [-0.3, -0.25) is 0 Å². The van der Waals surface area contributed by atoms with Gasteiger partial charge in [-0.2, -0.15) is 0 Å². The van der Waals surface area contributed by atoms with Crippen LogP contribution in [0.1, 0.15) is 32.3 Å². The van der Waals surface area contributed by atoms with E-state index in [1.807, 2.05) is 0 Å². The lowest BCUT2D eigenvalue weighted by Gasteiger charge is -2.20. The molecule has 3 heteroatoms. The highest BCUT2D eigenvalue weighted by Gasteiger charge is 2.31. The van der Waals surface area contributed by atoms with E-state index in [1.54, 1.807) is 0 Å². The highest BCUT2D eigenvalue weighted by atomic mass is 16.5. The van der Waals surface area contributed by atoms with E-state index in [4.69, 9.17) is 10.5 Å². The van der Waals surface area contributed by atoms with Crippen molar-refractivity contribution < 1.29 is 4.74 Å². The molecule has 1 aliphatic heterocycles. The lowest BCUT2D eigenvalue weighted by molar-refractivity contribution is -0.0212. The van der Waals surface area contributed by atoms with Crippen molar-refractivity contribution in [3.63, 3.8) is 0 Å². The minimum Gasteiger partial charge on any atom is -0.370 e. The van der Waals surface area contributed by atoms with Gasteiger partial charge in [-0.1, -0.05) is 6.07 Å². The number of ether oxygens (including phenoxy) is 1. The molecule has 0 aliphatic carbocycles. The van der Waals surface area contributed by atoms with E-state index in [1.165, 1.54) is 16.5 Å². The Morgan fingerprint density at radius 1 is 1.35 bits per heavy atom. The number of hydrogen-bond donors (Lipinski definition) is 1. The van der Waals surface area contributed by atoms with Gasteiger partial charge in [0.05, 0.1) is 11.7 Å². The molecule has 0 amide bonds. The first kappa shape index (κ1) is 13.7. The van der Waals surface area contributed by atoms with Crippen LogP contribution in [0.3, 0.4) is 0 Å². The van der Waals surface area contributed by atoms with Gasteiger partial charge in [0.2, 0.25) is 0 Å². The molecule has 108 valence electrons. The molecule has 1 aromatic carbocycles. The summed E-state index contributed by atoms with van der Waals surface area (Å²) in [6.07, 6.45) is 5.76. The zero-order valence-corrected chi connectivity index (χ0v) is 12.4. The summed E-state index contributed by atoms with van der Waals surface area (Å²) in [5, 5.41) is 1.30. The molecule has 1 saturated heterocycles. The van der Waals surface area contributed by atoms with Crippen LogP contribution in [0.2, 0.25) is 0 Å². The summed E-state index contributed by atoms with van der Waals surface area (Å²) >= 11 is 0. The van der Waals surface area contributed by atoms with Gasteiger partial charge >= 0.3 is 0 Å². The molecule has 0 radical (unpaired) electrons. The fourth-order valence-corrected chi connectivity index (χ4v) is 3.16. The number of aromatic nitrogens is 1. The molecule has 3 nitrogen and oxygen atoms in total. The SMILES string of the molecule is CC1(C)CCC(Cn2ccc3cc(CCN)ccc32)O1. The van der Waals surface area contributed by atoms with Crippen LogP contribution in [0, 0.1) is 0 Å². The molecule has 2 aromatic rings. The van der Waals surface area contributed by atoms with Gasteiger partial charge in [-0.25, -0.2) is 0 Å². The number of fused-ring (bicyclic) bond motifs is 1. The molecule has 0 saturated carbocycles. The van der Waals surface area contributed by atoms with Crippen molar-refractivity contribution in [3.8, 4) is 0 Å². The largest absolute Gasteiger partial charge is 0.370 e. The maximum absolute atomic E-state index is 6.10. The Balaban J connectivity index is 1.79. The summed E-state index contributed by atoms with van der Waals surface area (Å²) in [5.41, 5.74) is 8.27. The Bertz CT molecular complexity index is 600. The van der Waals surface area contributed by atoms with Gasteiger partial charge in [0, 0.05) is 18.3 Å². The average molecular weight is 272 g/mol. The molecule has 1 aromatic heterocycles. The highest BCUT2D eigenvalue weighted by molar-refractivity contribution is 5.80. The predicted molar refractivity (Wildman–Crippen MR) is 82.9 cm³/mol. The van der Waals surface area contributed by atoms with Crippen LogP contribution >= 0.6 is 0 Å². The van der Waals surface area contributed by atoms with E-state index < -0.39 is 0 Å². The van der Waals surface area contributed by atoms with Crippen LogP contribution in [0.25, 0.3) is 10.9 Å². The summed E-state index contributed by atoms with van der Waals surface area (Å²) < 4.78 is 8.41. The Morgan fingerprint density at radius 2 is 2.20 bits per heavy atom. The van der Waals surface area contributed by atoms with Crippen LogP contribution in [0.5, 0.6) is 0 Å². The fraction of sp³-hybridized carbons (Fsp3) is 0.529. The number of rotatable bonds is 4. The Hall–Kier alpha value is -1.32. The van der Waals surface area contributed by atoms with Gasteiger partial charge < -0.3 is 15.0 Å². The molecular weight excluding hydrogens is 248 g/mol. The van der Waals surface area contributed by atoms with E-state index in [9.17, 15) is 0 Å². The van der Waals surface area contributed by atoms with E-state index in [0.717, 1.165) is 25.8 Å². The maximum atomic E-state index is 6.10. The predicted octanol–water partition coefficient (Wildman–Crippen LogP) is 3.10. The van der Waals surface area contributed by atoms with E-state index in [2.05, 4.69) is 48.9 Å². The van der Waals surface area contributed by atoms with Crippen molar-refractivity contribution in [3.05, 3.63) is 36.0 Å². The standard InChI is InChI=1S/C17H24N2O/c1-17(2)8-5-15(20-17)12-19-10-7-14-11-13(6-9-18)3-4-16(14)19/h3-4,7,10-11,15H,5-6,8-9,12,18H2,1-2H3. The van der Waals surface area contributed by atoms with E-state index >= 15 is 0 Å². The second-order valence-electron chi connectivity index (χ2n) is 6.44. The zero-order valence-electron chi connectivity index (χ0n) is 12.4. The maximum Gasteiger partial charge on any atom is 0.0762 e. The van der Waals surface area contributed by atoms with E-state index in [-0.39, 0.29) is 5.60 Å². The third-order valence-electron chi connectivity index (χ3n) is 4.22. The minimum absolute atomic E-state index is 0.0436. The summed E-state index contributed by atoms with van der Waals surface area (Å²) in [7, 11) is 0. The van der Waals surface area contributed by atoms with Gasteiger partial charge in [0.1, 0.15) is 0 Å². The van der Waals surface area contributed by atoms with Crippen LogP contribution in [-0.4, -0.2) is 22.8 Å². The van der Waals surface area contributed by atoms with Gasteiger partial charge in [-0.15, -0.1) is 0 Å². The van der Waals surface area contributed by atoms with Crippen LogP contribution in [0.15, 0.2) is 30.5 Å². The van der Waals surface area contributed by atoms with E-state index in [0.29, 0.717) is 12.6 Å². The van der Waals surface area contributed by atoms with Crippen LogP contribution in [0.4, 0.5) is 0 Å². The average Bonchev–Trinajstić information content (AvgIpc) is 2.94. The smallest absolute Gasteiger partial charge is 0.0762 e. The molecule has 20 heavy (non-hydrogen) atoms. The monoisotopic (exact) mass is 272 g/mol. The summed E-state index contributed by atoms with van der Waals surface area (Å²) in [4.78, 5) is 0. The number of nitrogens with zero attached hydrogens (tertiary/aromatic N) is 1. The van der Waals surface area contributed by atoms with Crippen molar-refractivity contribution in [2.75, 3.05) is 6.54 Å². The molecule has 1 fully saturated rings. The molecule has 2 heterocycles. The third kappa shape index (κ3) is 2.74. The zero-order chi connectivity index (χ0) is 14.2. The first-order chi connectivity index (χ1) is 9.57. The lowest BCUT2D eigenvalue weighted by Crippen LogP contribution is -2.22. The van der Waals surface area contributed by atoms with Crippen molar-refractivity contribution >= 4 is 10.9 Å². The highest BCUT2D eigenvalue weighted by Crippen LogP contribution is 2.31. The molecule has 0 bridgehead atoms. The first-order valence-corrected chi connectivity index (χ1v) is 7.53. The summed E-state index contributed by atoms with van der Waals surface area (Å²) in [5.74, 6) is 0. The van der Waals surface area contributed by atoms with Gasteiger partial charge in [-0.05, 0) is 68.8 Å². The number of hydrogen-bond acceptors (Lipinski definition) is 2. The Labute approximate surface area is 120 Å². The van der Waals surface area contributed by atoms with Gasteiger partial charge in [0.25, 0.3) is 0 Å². The quantitative estimate of drug-likeness (QED) is 0.929. The van der Waals surface area contributed by atoms with Crippen molar-refractivity contribution in [2.45, 2.75) is 51.4 Å². The molecular formula is C17H24N2O. The number of benzene rings is 1. The molecule has 3 rings (SSSR count). The van der Waals surface area contributed by atoms with Crippen LogP contribution < -0.4 is 5.73 Å². The topological polar surface area (TPSA) is 40.2 Å². The molecule has 1 unspecified atom stereocenters. The molecule has 1 atom stereocenters. The second-order valence-corrected chi connectivity index (χ2v) is 6.44. The van der Waals surface area contributed by atoms with Crippen LogP contribution in [-0.2, 0) is 17.7 Å². The summed E-state index contributed by atoms with van der Waals surface area (Å²) in [6.45, 7) is 6.01. The van der Waals surface area contributed by atoms with Crippen molar-refractivity contribution in [1.29, 1.82) is 0 Å². The Morgan fingerprint density at radius 3 is 2.90 bits per heavy atom. The van der Waals surface area contributed by atoms with Gasteiger partial charge in [0.15, 0.2) is 0 Å².